The predicted molar refractivity (Wildman–Crippen MR) is 71.7 cm³/mol. The third-order valence-electron chi connectivity index (χ3n) is 2.53. The van der Waals surface area contributed by atoms with Crippen LogP contribution in [0.25, 0.3) is 0 Å². The van der Waals surface area contributed by atoms with E-state index >= 15 is 0 Å². The van der Waals surface area contributed by atoms with Gasteiger partial charge in [-0.05, 0) is 18.9 Å². The Hall–Kier alpha value is -0.900. The molecule has 0 aliphatic rings. The van der Waals surface area contributed by atoms with Crippen molar-refractivity contribution in [2.75, 3.05) is 6.61 Å². The van der Waals surface area contributed by atoms with Crippen molar-refractivity contribution in [2.45, 2.75) is 37.9 Å². The standard InChI is InChI=1S/C14H19ClO3/c1-11(16)7-8-14(17)13(15)10-18-9-12-5-3-2-4-6-12/h2-6,11,13,16H,7-10H2,1H3/t11-,13-/m1/s1. The van der Waals surface area contributed by atoms with Gasteiger partial charge in [0.1, 0.15) is 5.38 Å². The fourth-order valence-corrected chi connectivity index (χ4v) is 1.65. The van der Waals surface area contributed by atoms with Gasteiger partial charge in [-0.15, -0.1) is 11.6 Å². The van der Waals surface area contributed by atoms with Gasteiger partial charge in [0.05, 0.1) is 19.3 Å². The monoisotopic (exact) mass is 270 g/mol. The number of aliphatic hydroxyl groups excluding tert-OH is 1. The summed E-state index contributed by atoms with van der Waals surface area (Å²) in [5.41, 5.74) is 1.05. The van der Waals surface area contributed by atoms with E-state index < -0.39 is 11.5 Å². The Balaban J connectivity index is 2.20. The molecular weight excluding hydrogens is 252 g/mol. The molecule has 0 fully saturated rings. The molecule has 0 spiro atoms. The number of carbonyl (C=O) groups is 1. The number of rotatable bonds is 8. The summed E-state index contributed by atoms with van der Waals surface area (Å²) in [7, 11) is 0. The number of benzene rings is 1. The maximum absolute atomic E-state index is 11.6. The van der Waals surface area contributed by atoms with Crippen LogP contribution in [0.3, 0.4) is 0 Å². The Kier molecular flexibility index (Phi) is 6.94. The second-order valence-corrected chi connectivity index (χ2v) is 4.85. The molecule has 4 heteroatoms. The quantitative estimate of drug-likeness (QED) is 0.739. The largest absolute Gasteiger partial charge is 0.393 e. The molecule has 100 valence electrons. The number of Topliss-reactive ketones (excluding diaryl/α,β-unsaturated/α-hetero) is 1. The minimum absolute atomic E-state index is 0.0781. The summed E-state index contributed by atoms with van der Waals surface area (Å²) >= 11 is 5.92. The molecule has 0 heterocycles. The van der Waals surface area contributed by atoms with Gasteiger partial charge < -0.3 is 9.84 Å². The van der Waals surface area contributed by atoms with Gasteiger partial charge in [-0.25, -0.2) is 0 Å². The number of hydrogen-bond donors (Lipinski definition) is 1. The molecule has 0 aromatic heterocycles. The summed E-state index contributed by atoms with van der Waals surface area (Å²) in [5.74, 6) is -0.0781. The smallest absolute Gasteiger partial charge is 0.153 e. The van der Waals surface area contributed by atoms with Crippen molar-refractivity contribution < 1.29 is 14.6 Å². The molecule has 0 saturated carbocycles. The topological polar surface area (TPSA) is 46.5 Å². The van der Waals surface area contributed by atoms with E-state index in [1.807, 2.05) is 30.3 Å². The molecule has 0 saturated heterocycles. The average molecular weight is 271 g/mol. The second kappa shape index (κ2) is 8.25. The number of carbonyl (C=O) groups excluding carboxylic acids is 1. The lowest BCUT2D eigenvalue weighted by molar-refractivity contribution is -0.120. The van der Waals surface area contributed by atoms with Gasteiger partial charge in [-0.3, -0.25) is 4.79 Å². The van der Waals surface area contributed by atoms with Gasteiger partial charge in [0.2, 0.25) is 0 Å². The molecule has 0 bridgehead atoms. The zero-order valence-corrected chi connectivity index (χ0v) is 11.3. The van der Waals surface area contributed by atoms with Crippen LogP contribution < -0.4 is 0 Å². The molecule has 0 amide bonds. The van der Waals surface area contributed by atoms with Crippen LogP contribution in [-0.2, 0) is 16.1 Å². The van der Waals surface area contributed by atoms with E-state index in [1.54, 1.807) is 6.92 Å². The highest BCUT2D eigenvalue weighted by atomic mass is 35.5. The second-order valence-electron chi connectivity index (χ2n) is 4.32. The van der Waals surface area contributed by atoms with Crippen LogP contribution in [0.2, 0.25) is 0 Å². The van der Waals surface area contributed by atoms with Crippen molar-refractivity contribution in [1.82, 2.24) is 0 Å². The molecule has 1 N–H and O–H groups in total. The molecule has 18 heavy (non-hydrogen) atoms. The van der Waals surface area contributed by atoms with Crippen molar-refractivity contribution in [2.24, 2.45) is 0 Å². The first kappa shape index (κ1) is 15.2. The average Bonchev–Trinajstić information content (AvgIpc) is 2.37. The predicted octanol–water partition coefficient (Wildman–Crippen LogP) is 2.54. The lowest BCUT2D eigenvalue weighted by Gasteiger charge is -2.10. The third-order valence-corrected chi connectivity index (χ3v) is 2.90. The van der Waals surface area contributed by atoms with E-state index in [2.05, 4.69) is 0 Å². The Morgan fingerprint density at radius 3 is 2.67 bits per heavy atom. The van der Waals surface area contributed by atoms with Crippen molar-refractivity contribution >= 4 is 17.4 Å². The lowest BCUT2D eigenvalue weighted by Crippen LogP contribution is -2.21. The Morgan fingerprint density at radius 2 is 2.06 bits per heavy atom. The van der Waals surface area contributed by atoms with Gasteiger partial charge in [0.25, 0.3) is 0 Å². The number of halogens is 1. The molecule has 1 aromatic carbocycles. The van der Waals surface area contributed by atoms with Gasteiger partial charge in [0, 0.05) is 6.42 Å². The number of ketones is 1. The highest BCUT2D eigenvalue weighted by Crippen LogP contribution is 2.08. The molecule has 0 aliphatic carbocycles. The fraction of sp³-hybridized carbons (Fsp3) is 0.500. The highest BCUT2D eigenvalue weighted by Gasteiger charge is 2.15. The Bertz CT molecular complexity index is 351. The summed E-state index contributed by atoms with van der Waals surface area (Å²) in [6, 6.07) is 9.72. The van der Waals surface area contributed by atoms with Crippen molar-refractivity contribution in [1.29, 1.82) is 0 Å². The zero-order chi connectivity index (χ0) is 13.4. The first-order valence-corrected chi connectivity index (χ1v) is 6.49. The molecule has 0 unspecified atom stereocenters. The van der Waals surface area contributed by atoms with Crippen LogP contribution in [-0.4, -0.2) is 29.0 Å². The first-order chi connectivity index (χ1) is 8.59. The highest BCUT2D eigenvalue weighted by molar-refractivity contribution is 6.31. The molecule has 0 radical (unpaired) electrons. The summed E-state index contributed by atoms with van der Waals surface area (Å²) in [6.07, 6.45) is 0.268. The van der Waals surface area contributed by atoms with Crippen molar-refractivity contribution in [3.8, 4) is 0 Å². The maximum atomic E-state index is 11.6. The van der Waals surface area contributed by atoms with E-state index in [4.69, 9.17) is 21.4 Å². The van der Waals surface area contributed by atoms with E-state index in [9.17, 15) is 4.79 Å². The maximum Gasteiger partial charge on any atom is 0.153 e. The Morgan fingerprint density at radius 1 is 1.39 bits per heavy atom. The van der Waals surface area contributed by atoms with Crippen LogP contribution in [0.4, 0.5) is 0 Å². The lowest BCUT2D eigenvalue weighted by atomic mass is 10.1. The summed E-state index contributed by atoms with van der Waals surface area (Å²) in [4.78, 5) is 11.6. The minimum atomic E-state index is -0.632. The van der Waals surface area contributed by atoms with E-state index in [0.29, 0.717) is 19.4 Å². The van der Waals surface area contributed by atoms with Gasteiger partial charge in [0.15, 0.2) is 5.78 Å². The van der Waals surface area contributed by atoms with Crippen LogP contribution in [0.5, 0.6) is 0 Å². The molecule has 1 aromatic rings. The number of alkyl halides is 1. The van der Waals surface area contributed by atoms with Crippen LogP contribution in [0, 0.1) is 0 Å². The molecule has 3 nitrogen and oxygen atoms in total. The summed E-state index contributed by atoms with van der Waals surface area (Å²) < 4.78 is 5.39. The molecule has 2 atom stereocenters. The van der Waals surface area contributed by atoms with Crippen LogP contribution in [0.1, 0.15) is 25.3 Å². The SMILES string of the molecule is C[C@@H](O)CCC(=O)[C@H](Cl)COCc1ccccc1. The van der Waals surface area contributed by atoms with Crippen LogP contribution in [0.15, 0.2) is 30.3 Å². The number of hydrogen-bond acceptors (Lipinski definition) is 3. The number of ether oxygens (including phenoxy) is 1. The van der Waals surface area contributed by atoms with Gasteiger partial charge >= 0.3 is 0 Å². The Labute approximate surface area is 113 Å². The van der Waals surface area contributed by atoms with E-state index in [1.165, 1.54) is 0 Å². The molecule has 0 aliphatic heterocycles. The van der Waals surface area contributed by atoms with E-state index in [0.717, 1.165) is 5.56 Å². The summed E-state index contributed by atoms with van der Waals surface area (Å²) in [6.45, 7) is 2.31. The molecule has 1 rings (SSSR count). The van der Waals surface area contributed by atoms with Crippen molar-refractivity contribution in [3.05, 3.63) is 35.9 Å². The van der Waals surface area contributed by atoms with Crippen LogP contribution >= 0.6 is 11.6 Å². The third kappa shape index (κ3) is 6.15. The number of aliphatic hydroxyl groups is 1. The van der Waals surface area contributed by atoms with Gasteiger partial charge in [-0.2, -0.15) is 0 Å². The minimum Gasteiger partial charge on any atom is -0.393 e. The first-order valence-electron chi connectivity index (χ1n) is 6.06. The zero-order valence-electron chi connectivity index (χ0n) is 10.5. The van der Waals surface area contributed by atoms with Gasteiger partial charge in [-0.1, -0.05) is 30.3 Å². The van der Waals surface area contributed by atoms with Crippen molar-refractivity contribution in [3.63, 3.8) is 0 Å². The normalized spacial score (nSPS) is 14.2. The summed E-state index contributed by atoms with van der Waals surface area (Å²) in [5, 5.41) is 8.45. The molecular formula is C14H19ClO3. The fourth-order valence-electron chi connectivity index (χ4n) is 1.46. The van der Waals surface area contributed by atoms with E-state index in [-0.39, 0.29) is 12.4 Å².